The van der Waals surface area contributed by atoms with Gasteiger partial charge in [-0.3, -0.25) is 4.79 Å². The number of benzene rings is 1. The number of hydrogen-bond acceptors (Lipinski definition) is 6. The van der Waals surface area contributed by atoms with Gasteiger partial charge >= 0.3 is 0 Å². The first-order valence-electron chi connectivity index (χ1n) is 9.67. The molecule has 1 fully saturated rings. The third kappa shape index (κ3) is 4.89. The maximum Gasteiger partial charge on any atom is 0.222 e. The number of rotatable bonds is 6. The lowest BCUT2D eigenvalue weighted by molar-refractivity contribution is -0.131. The van der Waals surface area contributed by atoms with Crippen molar-refractivity contribution in [1.29, 1.82) is 0 Å². The van der Waals surface area contributed by atoms with E-state index in [4.69, 9.17) is 11.6 Å². The molecular weight excluding hydrogens is 390 g/mol. The Balaban J connectivity index is 1.22. The Morgan fingerprint density at radius 1 is 1.00 bits per heavy atom. The summed E-state index contributed by atoms with van der Waals surface area (Å²) in [7, 11) is 0. The first-order chi connectivity index (χ1) is 14.2. The highest BCUT2D eigenvalue weighted by molar-refractivity contribution is 6.29. The molecule has 0 aliphatic carbocycles. The normalized spacial score (nSPS) is 14.2. The zero-order valence-electron chi connectivity index (χ0n) is 16.0. The highest BCUT2D eigenvalue weighted by Crippen LogP contribution is 2.17. The van der Waals surface area contributed by atoms with Crippen molar-refractivity contribution >= 4 is 23.3 Å². The lowest BCUT2D eigenvalue weighted by atomic mass is 10.2. The van der Waals surface area contributed by atoms with Gasteiger partial charge in [0.15, 0.2) is 0 Å². The van der Waals surface area contributed by atoms with Gasteiger partial charge in [-0.15, -0.1) is 10.2 Å². The molecule has 150 valence electrons. The van der Waals surface area contributed by atoms with Crippen molar-refractivity contribution in [3.8, 4) is 11.4 Å². The zero-order valence-corrected chi connectivity index (χ0v) is 16.7. The van der Waals surface area contributed by atoms with Crippen LogP contribution in [-0.4, -0.2) is 62.2 Å². The molecule has 3 heterocycles. The van der Waals surface area contributed by atoms with Crippen molar-refractivity contribution in [3.05, 3.63) is 53.7 Å². The van der Waals surface area contributed by atoms with Crippen LogP contribution in [0.25, 0.3) is 11.4 Å². The number of tetrazole rings is 1. The number of pyridine rings is 1. The summed E-state index contributed by atoms with van der Waals surface area (Å²) in [4.78, 5) is 22.5. The monoisotopic (exact) mass is 411 g/mol. The quantitative estimate of drug-likeness (QED) is 0.580. The molecule has 1 aliphatic heterocycles. The van der Waals surface area contributed by atoms with E-state index in [-0.39, 0.29) is 5.91 Å². The molecule has 0 spiro atoms. The van der Waals surface area contributed by atoms with Crippen LogP contribution in [0.4, 0.5) is 5.82 Å². The first kappa shape index (κ1) is 19.3. The minimum Gasteiger partial charge on any atom is -0.353 e. The van der Waals surface area contributed by atoms with Crippen LogP contribution in [-0.2, 0) is 11.3 Å². The molecule has 29 heavy (non-hydrogen) atoms. The molecule has 9 heteroatoms. The maximum atomic E-state index is 12.5. The average Bonchev–Trinajstić information content (AvgIpc) is 3.23. The fourth-order valence-corrected chi connectivity index (χ4v) is 3.49. The molecule has 0 radical (unpaired) electrons. The first-order valence-corrected chi connectivity index (χ1v) is 10.1. The van der Waals surface area contributed by atoms with E-state index in [1.54, 1.807) is 10.9 Å². The third-order valence-electron chi connectivity index (χ3n) is 4.89. The lowest BCUT2D eigenvalue weighted by Crippen LogP contribution is -2.49. The van der Waals surface area contributed by atoms with Gasteiger partial charge in [-0.05, 0) is 23.8 Å². The van der Waals surface area contributed by atoms with Gasteiger partial charge in [-0.2, -0.15) is 4.80 Å². The second kappa shape index (κ2) is 9.00. The number of anilines is 1. The number of amides is 1. The molecule has 4 rings (SSSR count). The van der Waals surface area contributed by atoms with E-state index >= 15 is 0 Å². The zero-order chi connectivity index (χ0) is 20.1. The van der Waals surface area contributed by atoms with Gasteiger partial charge in [0.1, 0.15) is 11.0 Å². The molecule has 0 unspecified atom stereocenters. The predicted molar refractivity (Wildman–Crippen MR) is 111 cm³/mol. The summed E-state index contributed by atoms with van der Waals surface area (Å²) in [5.74, 6) is 1.62. The van der Waals surface area contributed by atoms with Gasteiger partial charge < -0.3 is 9.80 Å². The Morgan fingerprint density at radius 3 is 2.55 bits per heavy atom. The lowest BCUT2D eigenvalue weighted by Gasteiger charge is -2.35. The Labute approximate surface area is 174 Å². The molecule has 8 nitrogen and oxygen atoms in total. The number of carbonyl (C=O) groups excluding carboxylic acids is 1. The van der Waals surface area contributed by atoms with Crippen LogP contribution in [0.3, 0.4) is 0 Å². The standard InChI is InChI=1S/C20H22ClN7O/c21-17-8-4-9-18(22-17)26-12-14-27(15-13-26)19(29)10-5-11-28-24-20(23-25-28)16-6-2-1-3-7-16/h1-4,6-9H,5,10-15H2. The van der Waals surface area contributed by atoms with Crippen LogP contribution in [0.5, 0.6) is 0 Å². The molecular formula is C20H22ClN7O. The minimum absolute atomic E-state index is 0.159. The Bertz CT molecular complexity index is 954. The van der Waals surface area contributed by atoms with Crippen LogP contribution in [0.15, 0.2) is 48.5 Å². The van der Waals surface area contributed by atoms with Gasteiger partial charge in [0, 0.05) is 38.2 Å². The SMILES string of the molecule is O=C(CCCn1nnc(-c2ccccc2)n1)N1CCN(c2cccc(Cl)n2)CC1. The summed E-state index contributed by atoms with van der Waals surface area (Å²) in [6.45, 7) is 3.45. The largest absolute Gasteiger partial charge is 0.353 e. The maximum absolute atomic E-state index is 12.5. The average molecular weight is 412 g/mol. The van der Waals surface area contributed by atoms with Crippen molar-refractivity contribution < 1.29 is 4.79 Å². The summed E-state index contributed by atoms with van der Waals surface area (Å²) in [6.07, 6.45) is 1.15. The molecule has 1 aromatic carbocycles. The number of nitrogens with zero attached hydrogens (tertiary/aromatic N) is 7. The van der Waals surface area contributed by atoms with E-state index in [2.05, 4.69) is 25.3 Å². The van der Waals surface area contributed by atoms with E-state index in [1.807, 2.05) is 47.4 Å². The summed E-state index contributed by atoms with van der Waals surface area (Å²) in [6, 6.07) is 15.3. The van der Waals surface area contributed by atoms with E-state index < -0.39 is 0 Å². The van der Waals surface area contributed by atoms with Gasteiger partial charge in [0.2, 0.25) is 11.7 Å². The Morgan fingerprint density at radius 2 is 1.79 bits per heavy atom. The van der Waals surface area contributed by atoms with Crippen molar-refractivity contribution in [1.82, 2.24) is 30.1 Å². The molecule has 0 saturated carbocycles. The molecule has 0 atom stereocenters. The highest BCUT2D eigenvalue weighted by Gasteiger charge is 2.21. The molecule has 3 aromatic rings. The van der Waals surface area contributed by atoms with E-state index in [1.165, 1.54) is 0 Å². The molecule has 1 aliphatic rings. The topological polar surface area (TPSA) is 80.0 Å². The van der Waals surface area contributed by atoms with Gasteiger partial charge in [0.05, 0.1) is 6.54 Å². The third-order valence-corrected chi connectivity index (χ3v) is 5.10. The number of halogens is 1. The van der Waals surface area contributed by atoms with Crippen LogP contribution in [0.2, 0.25) is 5.15 Å². The minimum atomic E-state index is 0.159. The van der Waals surface area contributed by atoms with E-state index in [0.29, 0.717) is 43.5 Å². The van der Waals surface area contributed by atoms with Crippen LogP contribution >= 0.6 is 11.6 Å². The Hall–Kier alpha value is -3.00. The van der Waals surface area contributed by atoms with E-state index in [0.717, 1.165) is 24.5 Å². The van der Waals surface area contributed by atoms with Crippen molar-refractivity contribution in [2.45, 2.75) is 19.4 Å². The molecule has 1 amide bonds. The highest BCUT2D eigenvalue weighted by atomic mass is 35.5. The molecule has 2 aromatic heterocycles. The van der Waals surface area contributed by atoms with Crippen LogP contribution in [0, 0.1) is 0 Å². The molecule has 1 saturated heterocycles. The van der Waals surface area contributed by atoms with Crippen molar-refractivity contribution in [3.63, 3.8) is 0 Å². The smallest absolute Gasteiger partial charge is 0.222 e. The van der Waals surface area contributed by atoms with Gasteiger partial charge in [-0.25, -0.2) is 4.98 Å². The van der Waals surface area contributed by atoms with Gasteiger partial charge in [0.25, 0.3) is 0 Å². The summed E-state index contributed by atoms with van der Waals surface area (Å²) in [5, 5.41) is 13.0. The molecule has 0 N–H and O–H groups in total. The molecule has 0 bridgehead atoms. The summed E-state index contributed by atoms with van der Waals surface area (Å²) >= 11 is 5.97. The number of hydrogen-bond donors (Lipinski definition) is 0. The predicted octanol–water partition coefficient (Wildman–Crippen LogP) is 2.52. The fourth-order valence-electron chi connectivity index (χ4n) is 3.33. The number of aromatic nitrogens is 5. The summed E-state index contributed by atoms with van der Waals surface area (Å²) in [5.41, 5.74) is 0.932. The number of aryl methyl sites for hydroxylation is 1. The van der Waals surface area contributed by atoms with Crippen molar-refractivity contribution in [2.75, 3.05) is 31.1 Å². The van der Waals surface area contributed by atoms with E-state index in [9.17, 15) is 4.79 Å². The second-order valence-corrected chi connectivity index (χ2v) is 7.25. The van der Waals surface area contributed by atoms with Crippen LogP contribution in [0.1, 0.15) is 12.8 Å². The van der Waals surface area contributed by atoms with Gasteiger partial charge in [-0.1, -0.05) is 48.0 Å². The number of carbonyl (C=O) groups is 1. The number of piperazine rings is 1. The van der Waals surface area contributed by atoms with Crippen LogP contribution < -0.4 is 4.90 Å². The fraction of sp³-hybridized carbons (Fsp3) is 0.350. The second-order valence-electron chi connectivity index (χ2n) is 6.86. The Kier molecular flexibility index (Phi) is 6.00. The van der Waals surface area contributed by atoms with Crippen molar-refractivity contribution in [2.24, 2.45) is 0 Å². The summed E-state index contributed by atoms with van der Waals surface area (Å²) < 4.78 is 0.